The average Bonchev–Trinajstić information content (AvgIpc) is 2.42. The van der Waals surface area contributed by atoms with E-state index in [0.717, 1.165) is 17.7 Å². The molecule has 3 N–H and O–H groups in total. The second-order valence-corrected chi connectivity index (χ2v) is 6.25. The van der Waals surface area contributed by atoms with E-state index in [2.05, 4.69) is 30.4 Å². The van der Waals surface area contributed by atoms with Crippen LogP contribution in [0, 0.1) is 6.92 Å². The maximum absolute atomic E-state index is 11.8. The molecule has 5 heteroatoms. The van der Waals surface area contributed by atoms with Crippen molar-refractivity contribution in [2.75, 3.05) is 18.3 Å². The Hall–Kier alpha value is -0.650. The number of thioether (sulfide) groups is 2. The molecule has 19 heavy (non-hydrogen) atoms. The van der Waals surface area contributed by atoms with Crippen molar-refractivity contribution in [3.63, 3.8) is 0 Å². The molecular formula is C14H22N2OS2. The van der Waals surface area contributed by atoms with E-state index in [1.807, 2.05) is 12.5 Å². The first kappa shape index (κ1) is 16.4. The molecule has 0 saturated heterocycles. The predicted octanol–water partition coefficient (Wildman–Crippen LogP) is 2.41. The summed E-state index contributed by atoms with van der Waals surface area (Å²) in [5.41, 5.74) is 8.21. The molecule has 1 rings (SSSR count). The average molecular weight is 298 g/mol. The van der Waals surface area contributed by atoms with Crippen molar-refractivity contribution in [1.29, 1.82) is 0 Å². The molecule has 1 aromatic carbocycles. The molecule has 0 aromatic heterocycles. The number of rotatable bonds is 7. The van der Waals surface area contributed by atoms with Gasteiger partial charge in [0.15, 0.2) is 0 Å². The zero-order chi connectivity index (χ0) is 14.3. The van der Waals surface area contributed by atoms with E-state index in [1.165, 1.54) is 10.5 Å². The molecule has 0 aliphatic heterocycles. The Kier molecular flexibility index (Phi) is 7.34. The lowest BCUT2D eigenvalue weighted by Gasteiger charge is -2.13. The number of carbonyl (C=O) groups excluding carboxylic acids is 1. The van der Waals surface area contributed by atoms with Crippen molar-refractivity contribution in [3.8, 4) is 0 Å². The van der Waals surface area contributed by atoms with E-state index in [0.29, 0.717) is 6.54 Å². The van der Waals surface area contributed by atoms with Crippen LogP contribution in [0.15, 0.2) is 23.1 Å². The minimum Gasteiger partial charge on any atom is -0.351 e. The Balaban J connectivity index is 2.54. The van der Waals surface area contributed by atoms with Crippen molar-refractivity contribution < 1.29 is 4.79 Å². The second kappa shape index (κ2) is 8.51. The fourth-order valence-corrected chi connectivity index (χ4v) is 2.88. The minimum absolute atomic E-state index is 0.0679. The Morgan fingerprint density at radius 1 is 1.42 bits per heavy atom. The number of hydrogen-bond donors (Lipinski definition) is 2. The van der Waals surface area contributed by atoms with Gasteiger partial charge in [0.1, 0.15) is 0 Å². The van der Waals surface area contributed by atoms with Gasteiger partial charge in [-0.2, -0.15) is 11.8 Å². The van der Waals surface area contributed by atoms with Crippen molar-refractivity contribution in [1.82, 2.24) is 5.32 Å². The molecule has 0 spiro atoms. The van der Waals surface area contributed by atoms with E-state index >= 15 is 0 Å². The lowest BCUT2D eigenvalue weighted by molar-refractivity contribution is -0.122. The van der Waals surface area contributed by atoms with Gasteiger partial charge in [-0.1, -0.05) is 12.1 Å². The van der Waals surface area contributed by atoms with Gasteiger partial charge in [-0.25, -0.2) is 0 Å². The van der Waals surface area contributed by atoms with Gasteiger partial charge >= 0.3 is 0 Å². The van der Waals surface area contributed by atoms with Crippen molar-refractivity contribution in [3.05, 3.63) is 29.3 Å². The van der Waals surface area contributed by atoms with Crippen molar-refractivity contribution in [2.45, 2.75) is 30.8 Å². The van der Waals surface area contributed by atoms with Crippen LogP contribution in [-0.4, -0.2) is 30.2 Å². The van der Waals surface area contributed by atoms with Crippen LogP contribution in [0.4, 0.5) is 0 Å². The van der Waals surface area contributed by atoms with E-state index in [4.69, 9.17) is 5.73 Å². The number of benzene rings is 1. The van der Waals surface area contributed by atoms with Gasteiger partial charge in [0.05, 0.1) is 6.04 Å². The van der Waals surface area contributed by atoms with Crippen molar-refractivity contribution >= 4 is 29.4 Å². The number of amides is 1. The topological polar surface area (TPSA) is 55.1 Å². The first-order chi connectivity index (χ1) is 9.08. The summed E-state index contributed by atoms with van der Waals surface area (Å²) in [7, 11) is 0. The van der Waals surface area contributed by atoms with Crippen LogP contribution < -0.4 is 11.1 Å². The fraction of sp³-hybridized carbons (Fsp3) is 0.500. The standard InChI is InChI=1S/C14H22N2OS2/c1-10-4-5-11(13(8-10)19-3)9-16-14(17)12(15)6-7-18-2/h4-5,8,12H,6-7,9,15H2,1-3H3,(H,16,17)/t12-/m0/s1. The maximum Gasteiger partial charge on any atom is 0.237 e. The summed E-state index contributed by atoms with van der Waals surface area (Å²) in [5, 5.41) is 2.92. The highest BCUT2D eigenvalue weighted by Crippen LogP contribution is 2.21. The highest BCUT2D eigenvalue weighted by molar-refractivity contribution is 7.98. The van der Waals surface area contributed by atoms with Crippen LogP contribution in [-0.2, 0) is 11.3 Å². The summed E-state index contributed by atoms with van der Waals surface area (Å²) < 4.78 is 0. The summed E-state index contributed by atoms with van der Waals surface area (Å²) in [6.07, 6.45) is 4.78. The third kappa shape index (κ3) is 5.47. The zero-order valence-corrected chi connectivity index (χ0v) is 13.4. The minimum atomic E-state index is -0.407. The number of aryl methyl sites for hydroxylation is 1. The first-order valence-electron chi connectivity index (χ1n) is 6.24. The molecular weight excluding hydrogens is 276 g/mol. The summed E-state index contributed by atoms with van der Waals surface area (Å²) in [4.78, 5) is 13.0. The highest BCUT2D eigenvalue weighted by atomic mass is 32.2. The van der Waals surface area contributed by atoms with Crippen molar-refractivity contribution in [2.24, 2.45) is 5.73 Å². The van der Waals surface area contributed by atoms with Gasteiger partial charge in [-0.15, -0.1) is 11.8 Å². The number of nitrogens with one attached hydrogen (secondary N) is 1. The molecule has 0 aliphatic carbocycles. The second-order valence-electron chi connectivity index (χ2n) is 4.42. The molecule has 0 aliphatic rings. The molecule has 1 amide bonds. The fourth-order valence-electron chi connectivity index (χ4n) is 1.69. The van der Waals surface area contributed by atoms with Gasteiger partial charge in [-0.05, 0) is 48.8 Å². The molecule has 106 valence electrons. The Labute approximate surface area is 124 Å². The zero-order valence-electron chi connectivity index (χ0n) is 11.7. The van der Waals surface area contributed by atoms with Crippen LogP contribution in [0.1, 0.15) is 17.5 Å². The predicted molar refractivity (Wildman–Crippen MR) is 85.8 cm³/mol. The van der Waals surface area contributed by atoms with E-state index in [-0.39, 0.29) is 5.91 Å². The summed E-state index contributed by atoms with van der Waals surface area (Å²) >= 11 is 3.40. The van der Waals surface area contributed by atoms with Gasteiger partial charge in [-0.3, -0.25) is 4.79 Å². The monoisotopic (exact) mass is 298 g/mol. The SMILES string of the molecule is CSCC[C@H](N)C(=O)NCc1ccc(C)cc1SC. The number of carbonyl (C=O) groups is 1. The lowest BCUT2D eigenvalue weighted by atomic mass is 10.1. The van der Waals surface area contributed by atoms with Gasteiger partial charge in [0, 0.05) is 11.4 Å². The van der Waals surface area contributed by atoms with Crippen LogP contribution in [0.3, 0.4) is 0 Å². The molecule has 0 fully saturated rings. The molecule has 1 aromatic rings. The summed E-state index contributed by atoms with van der Waals surface area (Å²) in [6.45, 7) is 2.61. The smallest absolute Gasteiger partial charge is 0.237 e. The van der Waals surface area contributed by atoms with E-state index in [9.17, 15) is 4.79 Å². The van der Waals surface area contributed by atoms with Crippen LogP contribution in [0.25, 0.3) is 0 Å². The molecule has 0 saturated carbocycles. The number of nitrogens with two attached hydrogens (primary N) is 1. The lowest BCUT2D eigenvalue weighted by Crippen LogP contribution is -2.40. The third-order valence-corrected chi connectivity index (χ3v) is 4.33. The molecule has 3 nitrogen and oxygen atoms in total. The Morgan fingerprint density at radius 3 is 2.79 bits per heavy atom. The molecule has 1 atom stereocenters. The normalized spacial score (nSPS) is 12.2. The number of hydrogen-bond acceptors (Lipinski definition) is 4. The highest BCUT2D eigenvalue weighted by Gasteiger charge is 2.13. The van der Waals surface area contributed by atoms with E-state index < -0.39 is 6.04 Å². The molecule has 0 bridgehead atoms. The van der Waals surface area contributed by atoms with E-state index in [1.54, 1.807) is 23.5 Å². The first-order valence-corrected chi connectivity index (χ1v) is 8.86. The van der Waals surface area contributed by atoms with Crippen LogP contribution in [0.2, 0.25) is 0 Å². The maximum atomic E-state index is 11.8. The largest absolute Gasteiger partial charge is 0.351 e. The van der Waals surface area contributed by atoms with Crippen LogP contribution in [0.5, 0.6) is 0 Å². The third-order valence-electron chi connectivity index (χ3n) is 2.87. The molecule has 0 unspecified atom stereocenters. The molecule has 0 radical (unpaired) electrons. The van der Waals surface area contributed by atoms with Gasteiger partial charge < -0.3 is 11.1 Å². The molecule has 0 heterocycles. The van der Waals surface area contributed by atoms with Gasteiger partial charge in [0.25, 0.3) is 0 Å². The quantitative estimate of drug-likeness (QED) is 0.759. The van der Waals surface area contributed by atoms with Crippen LogP contribution >= 0.6 is 23.5 Å². The Morgan fingerprint density at radius 2 is 2.16 bits per heavy atom. The summed E-state index contributed by atoms with van der Waals surface area (Å²) in [5.74, 6) is 0.844. The summed E-state index contributed by atoms with van der Waals surface area (Å²) in [6, 6.07) is 5.86. The Bertz CT molecular complexity index is 424. The van der Waals surface area contributed by atoms with Gasteiger partial charge in [0.2, 0.25) is 5.91 Å².